The van der Waals surface area contributed by atoms with Crippen LogP contribution in [0.4, 0.5) is 5.69 Å². The van der Waals surface area contributed by atoms with E-state index in [1.807, 2.05) is 11.1 Å². The van der Waals surface area contributed by atoms with Crippen molar-refractivity contribution in [2.24, 2.45) is 4.99 Å². The quantitative estimate of drug-likeness (QED) is 0.854. The van der Waals surface area contributed by atoms with E-state index in [0.717, 1.165) is 19.4 Å². The molecule has 1 saturated heterocycles. The van der Waals surface area contributed by atoms with Crippen LogP contribution in [-0.2, 0) is 0 Å². The van der Waals surface area contributed by atoms with Gasteiger partial charge in [-0.1, -0.05) is 0 Å². The Balaban J connectivity index is 2.22. The largest absolute Gasteiger partial charge is 0.493 e. The summed E-state index contributed by atoms with van der Waals surface area (Å²) in [5.74, 6) is 1.31. The summed E-state index contributed by atoms with van der Waals surface area (Å²) in [4.78, 5) is 19.1. The Morgan fingerprint density at radius 3 is 2.62 bits per heavy atom. The molecule has 1 amide bonds. The predicted octanol–water partition coefficient (Wildman–Crippen LogP) is 2.03. The second-order valence-corrected chi connectivity index (χ2v) is 5.03. The van der Waals surface area contributed by atoms with Crippen molar-refractivity contribution in [2.75, 3.05) is 27.9 Å². The molecule has 21 heavy (non-hydrogen) atoms. The lowest BCUT2D eigenvalue weighted by Crippen LogP contribution is -2.35. The van der Waals surface area contributed by atoms with Crippen LogP contribution in [0.1, 0.15) is 23.2 Å². The number of nitrogens with zero attached hydrogens (tertiary/aromatic N) is 2. The molecule has 6 heteroatoms. The van der Waals surface area contributed by atoms with Gasteiger partial charge in [0, 0.05) is 12.8 Å². The topological polar surface area (TPSA) is 60.4 Å². The lowest BCUT2D eigenvalue weighted by molar-refractivity contribution is 0.0774. The molecule has 6 nitrogen and oxygen atoms in total. The molecule has 0 saturated carbocycles. The number of hydrogen-bond donors (Lipinski definition) is 0. The van der Waals surface area contributed by atoms with Crippen molar-refractivity contribution in [3.05, 3.63) is 11.6 Å². The van der Waals surface area contributed by atoms with Crippen LogP contribution in [0.3, 0.4) is 0 Å². The van der Waals surface area contributed by atoms with Crippen molar-refractivity contribution in [1.29, 1.82) is 0 Å². The standard InChI is InChI=1S/C15H18N2O4/c1-19-11-7-10-12(14(21-3)13(11)20-2)16-8-9-5-4-6-17(9)15(10)18/h7-9H,4-6H2,1-3H3. The van der Waals surface area contributed by atoms with Crippen LogP contribution in [0, 0.1) is 0 Å². The van der Waals surface area contributed by atoms with E-state index in [0.29, 0.717) is 28.5 Å². The Labute approximate surface area is 123 Å². The molecule has 1 fully saturated rings. The molecule has 0 aromatic heterocycles. The zero-order chi connectivity index (χ0) is 15.0. The van der Waals surface area contributed by atoms with Gasteiger partial charge in [-0.25, -0.2) is 0 Å². The summed E-state index contributed by atoms with van der Waals surface area (Å²) in [7, 11) is 4.60. The average Bonchev–Trinajstić information content (AvgIpc) is 2.94. The van der Waals surface area contributed by atoms with Gasteiger partial charge in [-0.15, -0.1) is 0 Å². The van der Waals surface area contributed by atoms with E-state index in [1.165, 1.54) is 21.3 Å². The Bertz CT molecular complexity index is 612. The van der Waals surface area contributed by atoms with Crippen LogP contribution in [0.25, 0.3) is 0 Å². The molecule has 2 heterocycles. The van der Waals surface area contributed by atoms with Gasteiger partial charge in [0.25, 0.3) is 5.91 Å². The van der Waals surface area contributed by atoms with Gasteiger partial charge in [0.15, 0.2) is 11.5 Å². The molecule has 1 aromatic carbocycles. The third-order valence-electron chi connectivity index (χ3n) is 3.97. The summed E-state index contributed by atoms with van der Waals surface area (Å²) >= 11 is 0. The van der Waals surface area contributed by atoms with Crippen LogP contribution < -0.4 is 14.2 Å². The van der Waals surface area contributed by atoms with Crippen LogP contribution in [0.2, 0.25) is 0 Å². The average molecular weight is 290 g/mol. The molecule has 3 rings (SSSR count). The smallest absolute Gasteiger partial charge is 0.256 e. The Hall–Kier alpha value is -2.24. The maximum Gasteiger partial charge on any atom is 0.256 e. The SMILES string of the molecule is COc1cc2c(c(OC)c1OC)N=CC1CCCN1C2=O. The fourth-order valence-corrected chi connectivity index (χ4v) is 2.95. The molecular weight excluding hydrogens is 272 g/mol. The number of hydrogen-bond acceptors (Lipinski definition) is 5. The van der Waals surface area contributed by atoms with E-state index in [4.69, 9.17) is 14.2 Å². The summed E-state index contributed by atoms with van der Waals surface area (Å²) < 4.78 is 16.1. The van der Waals surface area contributed by atoms with Crippen molar-refractivity contribution in [3.8, 4) is 17.2 Å². The predicted molar refractivity (Wildman–Crippen MR) is 78.3 cm³/mol. The zero-order valence-electron chi connectivity index (χ0n) is 12.4. The highest BCUT2D eigenvalue weighted by Gasteiger charge is 2.34. The van der Waals surface area contributed by atoms with E-state index in [2.05, 4.69) is 4.99 Å². The van der Waals surface area contributed by atoms with Crippen LogP contribution in [0.5, 0.6) is 17.2 Å². The van der Waals surface area contributed by atoms with Gasteiger partial charge in [0.05, 0.1) is 32.9 Å². The number of amides is 1. The van der Waals surface area contributed by atoms with Gasteiger partial charge >= 0.3 is 0 Å². The molecule has 112 valence electrons. The van der Waals surface area contributed by atoms with Crippen LogP contribution in [-0.4, -0.2) is 50.9 Å². The minimum atomic E-state index is -0.0377. The number of ether oxygens (including phenoxy) is 3. The number of benzene rings is 1. The second-order valence-electron chi connectivity index (χ2n) is 5.03. The first-order valence-corrected chi connectivity index (χ1v) is 6.89. The molecule has 0 bridgehead atoms. The Morgan fingerprint density at radius 1 is 1.19 bits per heavy atom. The molecule has 1 aromatic rings. The van der Waals surface area contributed by atoms with E-state index >= 15 is 0 Å². The molecule has 0 N–H and O–H groups in total. The monoisotopic (exact) mass is 290 g/mol. The van der Waals surface area contributed by atoms with E-state index in [-0.39, 0.29) is 11.9 Å². The number of rotatable bonds is 3. The maximum absolute atomic E-state index is 12.7. The van der Waals surface area contributed by atoms with Crippen molar-refractivity contribution < 1.29 is 19.0 Å². The Kier molecular flexibility index (Phi) is 3.45. The summed E-state index contributed by atoms with van der Waals surface area (Å²) in [6.07, 6.45) is 3.77. The number of fused-ring (bicyclic) bond motifs is 2. The lowest BCUT2D eigenvalue weighted by Gasteiger charge is -2.21. The van der Waals surface area contributed by atoms with Gasteiger partial charge in [-0.05, 0) is 18.9 Å². The third-order valence-corrected chi connectivity index (χ3v) is 3.97. The van der Waals surface area contributed by atoms with Gasteiger partial charge in [0.1, 0.15) is 5.69 Å². The summed E-state index contributed by atoms with van der Waals surface area (Å²) in [5, 5.41) is 0. The fourth-order valence-electron chi connectivity index (χ4n) is 2.95. The minimum Gasteiger partial charge on any atom is -0.493 e. The minimum absolute atomic E-state index is 0.0377. The highest BCUT2D eigenvalue weighted by molar-refractivity contribution is 6.05. The van der Waals surface area contributed by atoms with Gasteiger partial charge in [0.2, 0.25) is 5.75 Å². The summed E-state index contributed by atoms with van der Waals surface area (Å²) in [6.45, 7) is 0.756. The molecule has 0 aliphatic carbocycles. The summed E-state index contributed by atoms with van der Waals surface area (Å²) in [6, 6.07) is 1.74. The first-order valence-electron chi connectivity index (χ1n) is 6.89. The van der Waals surface area contributed by atoms with E-state index < -0.39 is 0 Å². The Morgan fingerprint density at radius 2 is 1.95 bits per heavy atom. The lowest BCUT2D eigenvalue weighted by atomic mass is 10.1. The van der Waals surface area contributed by atoms with Gasteiger partial charge < -0.3 is 19.1 Å². The third kappa shape index (κ3) is 2.02. The van der Waals surface area contributed by atoms with Gasteiger partial charge in [-0.3, -0.25) is 9.79 Å². The molecule has 1 unspecified atom stereocenters. The first-order chi connectivity index (χ1) is 10.2. The molecular formula is C15H18N2O4. The van der Waals surface area contributed by atoms with Gasteiger partial charge in [-0.2, -0.15) is 0 Å². The molecule has 0 spiro atoms. The van der Waals surface area contributed by atoms with Crippen molar-refractivity contribution in [2.45, 2.75) is 18.9 Å². The van der Waals surface area contributed by atoms with E-state index in [1.54, 1.807) is 6.07 Å². The van der Waals surface area contributed by atoms with Crippen LogP contribution >= 0.6 is 0 Å². The zero-order valence-corrected chi connectivity index (χ0v) is 12.4. The molecule has 2 aliphatic rings. The number of aliphatic imine (C=N–C) groups is 1. The number of carbonyl (C=O) groups is 1. The molecule has 2 aliphatic heterocycles. The fraction of sp³-hybridized carbons (Fsp3) is 0.467. The van der Waals surface area contributed by atoms with Crippen molar-refractivity contribution >= 4 is 17.8 Å². The normalized spacial score (nSPS) is 19.9. The van der Waals surface area contributed by atoms with Crippen LogP contribution in [0.15, 0.2) is 11.1 Å². The maximum atomic E-state index is 12.7. The van der Waals surface area contributed by atoms with E-state index in [9.17, 15) is 4.79 Å². The summed E-state index contributed by atoms with van der Waals surface area (Å²) in [5.41, 5.74) is 1.000. The second kappa shape index (κ2) is 5.27. The highest BCUT2D eigenvalue weighted by atomic mass is 16.5. The highest BCUT2D eigenvalue weighted by Crippen LogP contribution is 2.47. The van der Waals surface area contributed by atoms with Crippen molar-refractivity contribution in [1.82, 2.24) is 4.90 Å². The first kappa shape index (κ1) is 13.7. The molecule has 0 radical (unpaired) electrons. The number of carbonyl (C=O) groups excluding carboxylic acids is 1. The number of methoxy groups -OCH3 is 3. The molecule has 1 atom stereocenters. The van der Waals surface area contributed by atoms with Crippen molar-refractivity contribution in [3.63, 3.8) is 0 Å².